The number of allylic oxidation sites excluding steroid dienone is 1. The molecule has 2 saturated carbocycles. The molecule has 6 aliphatic rings. The molecule has 1 aromatic carbocycles. The van der Waals surface area contributed by atoms with Crippen LogP contribution in [0, 0.1) is 11.3 Å². The Kier molecular flexibility index (Phi) is 4.47. The van der Waals surface area contributed by atoms with Crippen LogP contribution in [-0.4, -0.2) is 53.7 Å². The normalized spacial score (nSPS) is 43.9. The van der Waals surface area contributed by atoms with Crippen LogP contribution in [0.1, 0.15) is 69.4 Å². The highest BCUT2D eigenvalue weighted by molar-refractivity contribution is 5.47. The smallest absolute Gasteiger partial charge is 0.0975 e. The van der Waals surface area contributed by atoms with Gasteiger partial charge >= 0.3 is 0 Å². The number of benzene rings is 1. The van der Waals surface area contributed by atoms with Crippen molar-refractivity contribution in [3.05, 3.63) is 58.7 Å². The molecule has 1 aromatic rings. The Bertz CT molecular complexity index is 1040. The third kappa shape index (κ3) is 2.79. The first-order valence-corrected chi connectivity index (χ1v) is 13.5. The van der Waals surface area contributed by atoms with E-state index in [0.29, 0.717) is 23.4 Å². The molecule has 1 saturated heterocycles. The molecule has 33 heavy (non-hydrogen) atoms. The van der Waals surface area contributed by atoms with Crippen molar-refractivity contribution in [1.82, 2.24) is 9.80 Å². The minimum Gasteiger partial charge on any atom is -0.359 e. The summed E-state index contributed by atoms with van der Waals surface area (Å²) in [7, 11) is 4.51. The molecule has 176 valence electrons. The van der Waals surface area contributed by atoms with E-state index in [2.05, 4.69) is 67.2 Å². The number of nitrogens with zero attached hydrogens (tertiary/aromatic N) is 2. The molecule has 3 aliphatic heterocycles. The van der Waals surface area contributed by atoms with Crippen molar-refractivity contribution < 1.29 is 4.74 Å². The second-order valence-corrected chi connectivity index (χ2v) is 12.5. The molecule has 0 unspecified atom stereocenters. The van der Waals surface area contributed by atoms with Crippen LogP contribution >= 0.6 is 0 Å². The fraction of sp³-hybridized carbons (Fsp3) is 0.667. The molecule has 3 aliphatic carbocycles. The van der Waals surface area contributed by atoms with Gasteiger partial charge < -0.3 is 9.64 Å². The molecular weight excluding hydrogens is 404 g/mol. The Balaban J connectivity index is 1.22. The monoisotopic (exact) mass is 444 g/mol. The summed E-state index contributed by atoms with van der Waals surface area (Å²) in [6.45, 7) is 4.97. The van der Waals surface area contributed by atoms with Crippen molar-refractivity contribution in [3.8, 4) is 0 Å². The minimum atomic E-state index is -0.0207. The van der Waals surface area contributed by atoms with E-state index in [9.17, 15) is 0 Å². The lowest BCUT2D eigenvalue weighted by molar-refractivity contribution is -0.144. The van der Waals surface area contributed by atoms with E-state index >= 15 is 0 Å². The van der Waals surface area contributed by atoms with Gasteiger partial charge in [-0.1, -0.05) is 43.3 Å². The van der Waals surface area contributed by atoms with Gasteiger partial charge in [0.05, 0.1) is 11.2 Å². The van der Waals surface area contributed by atoms with Gasteiger partial charge in [0.2, 0.25) is 0 Å². The second-order valence-electron chi connectivity index (χ2n) is 12.5. The van der Waals surface area contributed by atoms with Gasteiger partial charge in [-0.15, -0.1) is 0 Å². The third-order valence-corrected chi connectivity index (χ3v) is 10.9. The van der Waals surface area contributed by atoms with Crippen LogP contribution in [0.15, 0.2) is 47.6 Å². The van der Waals surface area contributed by atoms with E-state index in [0.717, 1.165) is 6.54 Å². The Morgan fingerprint density at radius 1 is 1.03 bits per heavy atom. The maximum atomic E-state index is 7.45. The minimum absolute atomic E-state index is 0.0188. The topological polar surface area (TPSA) is 15.7 Å². The van der Waals surface area contributed by atoms with E-state index in [1.54, 1.807) is 22.3 Å². The number of ether oxygens (including phenoxy) is 1. The number of fused-ring (bicyclic) bond motifs is 2. The fourth-order valence-corrected chi connectivity index (χ4v) is 9.18. The molecule has 2 spiro atoms. The Hall–Kier alpha value is -1.42. The van der Waals surface area contributed by atoms with E-state index in [1.807, 2.05) is 0 Å². The summed E-state index contributed by atoms with van der Waals surface area (Å²) in [4.78, 5) is 5.28. The van der Waals surface area contributed by atoms with Gasteiger partial charge in [0, 0.05) is 25.2 Å². The van der Waals surface area contributed by atoms with Crippen LogP contribution in [0.25, 0.3) is 0 Å². The molecule has 6 atom stereocenters. The average Bonchev–Trinajstić information content (AvgIpc) is 3.33. The van der Waals surface area contributed by atoms with Crippen molar-refractivity contribution in [1.29, 1.82) is 0 Å². The van der Waals surface area contributed by atoms with Gasteiger partial charge in [0.1, 0.15) is 0 Å². The number of rotatable bonds is 2. The van der Waals surface area contributed by atoms with E-state index in [4.69, 9.17) is 4.74 Å². The van der Waals surface area contributed by atoms with Crippen LogP contribution < -0.4 is 0 Å². The summed E-state index contributed by atoms with van der Waals surface area (Å²) >= 11 is 0. The van der Waals surface area contributed by atoms with Gasteiger partial charge in [-0.05, 0) is 105 Å². The van der Waals surface area contributed by atoms with Crippen molar-refractivity contribution in [2.45, 2.75) is 94.5 Å². The van der Waals surface area contributed by atoms with Gasteiger partial charge in [0.15, 0.2) is 0 Å². The Labute approximate surface area is 199 Å². The first-order valence-electron chi connectivity index (χ1n) is 13.5. The lowest BCUT2D eigenvalue weighted by atomic mass is 9.59. The molecule has 3 nitrogen and oxygen atoms in total. The van der Waals surface area contributed by atoms with Gasteiger partial charge in [-0.3, -0.25) is 4.90 Å². The lowest BCUT2D eigenvalue weighted by Gasteiger charge is -2.55. The molecule has 0 radical (unpaired) electrons. The first kappa shape index (κ1) is 20.9. The van der Waals surface area contributed by atoms with Crippen LogP contribution in [0.4, 0.5) is 0 Å². The lowest BCUT2D eigenvalue weighted by Crippen LogP contribution is -2.57. The van der Waals surface area contributed by atoms with Crippen LogP contribution in [-0.2, 0) is 17.7 Å². The van der Waals surface area contributed by atoms with Crippen LogP contribution in [0.5, 0.6) is 0 Å². The SMILES string of the molecule is CN(C)[C@H]1CCC2=CC3=CC[C@]4(C)[C@@H](N5CCc6ccccc6C5)CC[C@H]4[C@@]34CC[C@]2(C1)O4. The Morgan fingerprint density at radius 2 is 1.88 bits per heavy atom. The molecular formula is C30H40N2O. The molecule has 0 amide bonds. The number of hydrogen-bond acceptors (Lipinski definition) is 3. The summed E-state index contributed by atoms with van der Waals surface area (Å²) in [5, 5.41) is 0. The zero-order valence-corrected chi connectivity index (χ0v) is 20.8. The van der Waals surface area contributed by atoms with Crippen molar-refractivity contribution >= 4 is 0 Å². The maximum Gasteiger partial charge on any atom is 0.0975 e. The van der Waals surface area contributed by atoms with Gasteiger partial charge in [-0.2, -0.15) is 0 Å². The maximum absolute atomic E-state index is 7.45. The molecule has 3 heteroatoms. The Morgan fingerprint density at radius 3 is 2.73 bits per heavy atom. The zero-order chi connectivity index (χ0) is 22.4. The largest absolute Gasteiger partial charge is 0.359 e. The second kappa shape index (κ2) is 7.06. The molecule has 3 fully saturated rings. The summed E-state index contributed by atoms with van der Waals surface area (Å²) in [5.74, 6) is 0.657. The standard InChI is InChI=1S/C30H40N2O/c1-28-14-12-24-18-23-8-9-25(31(2)3)19-29(23)15-16-30(24,33-29)26(28)10-11-27(28)32-17-13-21-6-4-5-7-22(21)20-32/h4-7,12,18,25-27H,8-11,13-17,19-20H2,1-3H3/t25-,26+,27-,28-,29+,30+/m0/s1. The summed E-state index contributed by atoms with van der Waals surface area (Å²) in [6, 6.07) is 10.5. The van der Waals surface area contributed by atoms with E-state index in [1.165, 1.54) is 64.3 Å². The van der Waals surface area contributed by atoms with Gasteiger partial charge in [-0.25, -0.2) is 0 Å². The average molecular weight is 445 g/mol. The molecule has 0 N–H and O–H groups in total. The highest BCUT2D eigenvalue weighted by Crippen LogP contribution is 2.67. The van der Waals surface area contributed by atoms with Crippen molar-refractivity contribution in [2.75, 3.05) is 20.6 Å². The fourth-order valence-electron chi connectivity index (χ4n) is 9.18. The molecule has 3 heterocycles. The van der Waals surface area contributed by atoms with Crippen LogP contribution in [0.2, 0.25) is 0 Å². The van der Waals surface area contributed by atoms with E-state index < -0.39 is 0 Å². The predicted octanol–water partition coefficient (Wildman–Crippen LogP) is 5.50. The first-order chi connectivity index (χ1) is 15.9. The highest BCUT2D eigenvalue weighted by atomic mass is 16.5. The van der Waals surface area contributed by atoms with Crippen molar-refractivity contribution in [3.63, 3.8) is 0 Å². The highest BCUT2D eigenvalue weighted by Gasteiger charge is 2.67. The molecule has 0 aromatic heterocycles. The predicted molar refractivity (Wildman–Crippen MR) is 133 cm³/mol. The molecule has 7 rings (SSSR count). The zero-order valence-electron chi connectivity index (χ0n) is 20.8. The third-order valence-electron chi connectivity index (χ3n) is 10.9. The van der Waals surface area contributed by atoms with Gasteiger partial charge in [0.25, 0.3) is 0 Å². The molecule has 2 bridgehead atoms. The summed E-state index contributed by atoms with van der Waals surface area (Å²) in [6.07, 6.45) is 16.5. The van der Waals surface area contributed by atoms with E-state index in [-0.39, 0.29) is 11.2 Å². The summed E-state index contributed by atoms with van der Waals surface area (Å²) in [5.41, 5.74) is 6.61. The van der Waals surface area contributed by atoms with Crippen LogP contribution in [0.3, 0.4) is 0 Å². The van der Waals surface area contributed by atoms with Crippen molar-refractivity contribution in [2.24, 2.45) is 11.3 Å². The summed E-state index contributed by atoms with van der Waals surface area (Å²) < 4.78 is 7.45. The quantitative estimate of drug-likeness (QED) is 0.599. The number of hydrogen-bond donors (Lipinski definition) is 0.